The van der Waals surface area contributed by atoms with Gasteiger partial charge in [0.2, 0.25) is 0 Å². The van der Waals surface area contributed by atoms with E-state index in [1.807, 2.05) is 0 Å². The molecule has 1 aromatic rings. The number of rotatable bonds is 9. The number of amides is 2. The van der Waals surface area contributed by atoms with Gasteiger partial charge in [0, 0.05) is 17.9 Å². The number of carbonyl (C=O) groups excluding carboxylic acids is 2. The smallest absolute Gasteiger partial charge is 0.262 e. The van der Waals surface area contributed by atoms with Crippen molar-refractivity contribution < 1.29 is 23.8 Å². The fourth-order valence-corrected chi connectivity index (χ4v) is 2.63. The lowest BCUT2D eigenvalue weighted by Gasteiger charge is -2.14. The normalized spacial score (nSPS) is 14.2. The van der Waals surface area contributed by atoms with E-state index in [0.29, 0.717) is 44.2 Å². The summed E-state index contributed by atoms with van der Waals surface area (Å²) in [6.45, 7) is 2.58. The van der Waals surface area contributed by atoms with E-state index in [1.165, 1.54) is 16.2 Å². The Morgan fingerprint density at radius 3 is 2.10 bits per heavy atom. The van der Waals surface area contributed by atoms with Crippen LogP contribution >= 0.6 is 11.3 Å². The van der Waals surface area contributed by atoms with Crippen LogP contribution in [-0.2, 0) is 14.2 Å². The molecule has 6 nitrogen and oxygen atoms in total. The number of hydrogen-bond donors (Lipinski definition) is 0. The molecule has 2 heterocycles. The Morgan fingerprint density at radius 1 is 0.950 bits per heavy atom. The summed E-state index contributed by atoms with van der Waals surface area (Å²) in [6.07, 6.45) is 0. The van der Waals surface area contributed by atoms with Gasteiger partial charge in [0.25, 0.3) is 11.8 Å². The summed E-state index contributed by atoms with van der Waals surface area (Å²) in [5, 5.41) is 3.42. The molecule has 1 aliphatic heterocycles. The van der Waals surface area contributed by atoms with Crippen LogP contribution in [0.25, 0.3) is 0 Å². The van der Waals surface area contributed by atoms with Gasteiger partial charge in [-0.15, -0.1) is 0 Å². The maximum Gasteiger partial charge on any atom is 0.262 e. The highest BCUT2D eigenvalue weighted by Gasteiger charge is 2.35. The van der Waals surface area contributed by atoms with Gasteiger partial charge in [-0.05, 0) is 0 Å². The highest BCUT2D eigenvalue weighted by atomic mass is 32.1. The number of imide groups is 1. The third-order valence-electron chi connectivity index (χ3n) is 2.88. The minimum absolute atomic E-state index is 0.230. The third-order valence-corrected chi connectivity index (χ3v) is 3.62. The minimum Gasteiger partial charge on any atom is -0.382 e. The summed E-state index contributed by atoms with van der Waals surface area (Å²) in [6, 6.07) is 0. The second kappa shape index (κ2) is 7.49. The Bertz CT molecular complexity index is 443. The highest BCUT2D eigenvalue weighted by molar-refractivity contribution is 7.08. The van der Waals surface area contributed by atoms with Crippen molar-refractivity contribution in [3.8, 4) is 0 Å². The Balaban J connectivity index is 1.63. The molecule has 0 unspecified atom stereocenters. The van der Waals surface area contributed by atoms with Crippen molar-refractivity contribution in [2.24, 2.45) is 0 Å². The van der Waals surface area contributed by atoms with Gasteiger partial charge < -0.3 is 14.2 Å². The van der Waals surface area contributed by atoms with Crippen molar-refractivity contribution in [3.63, 3.8) is 0 Å². The van der Waals surface area contributed by atoms with E-state index < -0.39 is 0 Å². The maximum absolute atomic E-state index is 11.9. The predicted molar refractivity (Wildman–Crippen MR) is 73.2 cm³/mol. The van der Waals surface area contributed by atoms with E-state index in [1.54, 1.807) is 17.9 Å². The number of thiophene rings is 1. The van der Waals surface area contributed by atoms with E-state index in [9.17, 15) is 9.59 Å². The molecule has 0 aromatic carbocycles. The summed E-state index contributed by atoms with van der Waals surface area (Å²) < 4.78 is 15.4. The minimum atomic E-state index is -0.230. The molecule has 2 rings (SSSR count). The van der Waals surface area contributed by atoms with Gasteiger partial charge in [0.1, 0.15) is 0 Å². The largest absolute Gasteiger partial charge is 0.382 e. The first kappa shape index (κ1) is 15.1. The molecular weight excluding hydrogens is 282 g/mol. The second-order valence-corrected chi connectivity index (χ2v) is 4.92. The predicted octanol–water partition coefficient (Wildman–Crippen LogP) is 1.02. The lowest BCUT2D eigenvalue weighted by molar-refractivity contribution is 0.0197. The first-order valence-electron chi connectivity index (χ1n) is 6.32. The molecule has 1 aliphatic rings. The molecule has 1 aromatic heterocycles. The van der Waals surface area contributed by atoms with Crippen molar-refractivity contribution in [2.45, 2.75) is 0 Å². The van der Waals surface area contributed by atoms with Crippen LogP contribution in [0.5, 0.6) is 0 Å². The quantitative estimate of drug-likeness (QED) is 0.503. The summed E-state index contributed by atoms with van der Waals surface area (Å²) >= 11 is 1.37. The molecule has 0 bridgehead atoms. The number of nitrogens with zero attached hydrogens (tertiary/aromatic N) is 1. The molecule has 0 aliphatic carbocycles. The lowest BCUT2D eigenvalue weighted by atomic mass is 10.2. The monoisotopic (exact) mass is 299 g/mol. The molecule has 0 saturated carbocycles. The van der Waals surface area contributed by atoms with Crippen molar-refractivity contribution in [3.05, 3.63) is 21.9 Å². The first-order valence-corrected chi connectivity index (χ1v) is 7.26. The highest BCUT2D eigenvalue weighted by Crippen LogP contribution is 2.25. The van der Waals surface area contributed by atoms with Gasteiger partial charge >= 0.3 is 0 Å². The van der Waals surface area contributed by atoms with Gasteiger partial charge in [-0.3, -0.25) is 14.5 Å². The molecule has 0 atom stereocenters. The standard InChI is InChI=1S/C13H17NO5S/c1-17-4-5-19-7-6-18-3-2-14-12(15)10-8-20-9-11(10)13(14)16/h8-9H,2-7H2,1H3. The van der Waals surface area contributed by atoms with Gasteiger partial charge in [-0.2, -0.15) is 11.3 Å². The van der Waals surface area contributed by atoms with Crippen LogP contribution in [0.1, 0.15) is 20.7 Å². The number of ether oxygens (including phenoxy) is 3. The van der Waals surface area contributed by atoms with E-state index in [-0.39, 0.29) is 18.4 Å². The third kappa shape index (κ3) is 3.43. The van der Waals surface area contributed by atoms with E-state index in [2.05, 4.69) is 0 Å². The zero-order valence-electron chi connectivity index (χ0n) is 11.3. The molecule has 2 amide bonds. The molecule has 0 radical (unpaired) electrons. The zero-order chi connectivity index (χ0) is 14.4. The van der Waals surface area contributed by atoms with Crippen LogP contribution < -0.4 is 0 Å². The van der Waals surface area contributed by atoms with E-state index in [4.69, 9.17) is 14.2 Å². The Labute approximate surface area is 121 Å². The van der Waals surface area contributed by atoms with Crippen LogP contribution in [0.4, 0.5) is 0 Å². The van der Waals surface area contributed by atoms with Crippen LogP contribution in [0.3, 0.4) is 0 Å². The van der Waals surface area contributed by atoms with Crippen LogP contribution in [0, 0.1) is 0 Å². The fourth-order valence-electron chi connectivity index (χ4n) is 1.83. The van der Waals surface area contributed by atoms with E-state index in [0.717, 1.165) is 0 Å². The Hall–Kier alpha value is -1.28. The van der Waals surface area contributed by atoms with Crippen molar-refractivity contribution >= 4 is 23.2 Å². The number of hydrogen-bond acceptors (Lipinski definition) is 6. The maximum atomic E-state index is 11.9. The average molecular weight is 299 g/mol. The first-order chi connectivity index (χ1) is 9.75. The van der Waals surface area contributed by atoms with Gasteiger partial charge in [-0.25, -0.2) is 0 Å². The number of methoxy groups -OCH3 is 1. The van der Waals surface area contributed by atoms with Gasteiger partial charge in [0.15, 0.2) is 0 Å². The molecule has 0 N–H and O–H groups in total. The Kier molecular flexibility index (Phi) is 5.66. The van der Waals surface area contributed by atoms with Crippen molar-refractivity contribution in [1.29, 1.82) is 0 Å². The van der Waals surface area contributed by atoms with Crippen LogP contribution in [-0.4, -0.2) is 63.4 Å². The molecule has 0 spiro atoms. The molecular formula is C13H17NO5S. The van der Waals surface area contributed by atoms with Gasteiger partial charge in [-0.1, -0.05) is 0 Å². The van der Waals surface area contributed by atoms with Crippen LogP contribution in [0.15, 0.2) is 10.8 Å². The van der Waals surface area contributed by atoms with Crippen molar-refractivity contribution in [2.75, 3.05) is 46.7 Å². The summed E-state index contributed by atoms with van der Waals surface area (Å²) in [5.41, 5.74) is 1.01. The molecule has 20 heavy (non-hydrogen) atoms. The summed E-state index contributed by atoms with van der Waals surface area (Å²) in [7, 11) is 1.61. The SMILES string of the molecule is COCCOCCOCCN1C(=O)c2cscc2C1=O. The zero-order valence-corrected chi connectivity index (χ0v) is 12.1. The topological polar surface area (TPSA) is 65.1 Å². The van der Waals surface area contributed by atoms with E-state index >= 15 is 0 Å². The average Bonchev–Trinajstić information content (AvgIpc) is 3.00. The van der Waals surface area contributed by atoms with Crippen molar-refractivity contribution in [1.82, 2.24) is 4.90 Å². The molecule has 0 fully saturated rings. The van der Waals surface area contributed by atoms with Crippen LogP contribution in [0.2, 0.25) is 0 Å². The fraction of sp³-hybridized carbons (Fsp3) is 0.538. The molecule has 7 heteroatoms. The summed E-state index contributed by atoms with van der Waals surface area (Å²) in [5.74, 6) is -0.461. The lowest BCUT2D eigenvalue weighted by Crippen LogP contribution is -2.33. The number of carbonyl (C=O) groups is 2. The number of fused-ring (bicyclic) bond motifs is 1. The Morgan fingerprint density at radius 2 is 1.50 bits per heavy atom. The summed E-state index contributed by atoms with van der Waals surface area (Å²) in [4.78, 5) is 25.1. The molecule has 0 saturated heterocycles. The van der Waals surface area contributed by atoms with Gasteiger partial charge in [0.05, 0.1) is 50.7 Å². The second-order valence-electron chi connectivity index (χ2n) is 4.18. The molecule has 110 valence electrons.